The predicted molar refractivity (Wildman–Crippen MR) is 72.0 cm³/mol. The zero-order chi connectivity index (χ0) is 11.6. The number of nitrogens with zero attached hydrogens (tertiary/aromatic N) is 1. The summed E-state index contributed by atoms with van der Waals surface area (Å²) < 4.78 is 0. The number of benzene rings is 1. The number of aromatic nitrogens is 1. The summed E-state index contributed by atoms with van der Waals surface area (Å²) in [5.74, 6) is 3.27. The first-order chi connectivity index (χ1) is 7.54. The highest BCUT2D eigenvalue weighted by atomic mass is 28.3. The first kappa shape index (κ1) is 10.9. The van der Waals surface area contributed by atoms with Crippen LogP contribution < -0.4 is 0 Å². The van der Waals surface area contributed by atoms with Crippen LogP contribution in [0.5, 0.6) is 0 Å². The van der Waals surface area contributed by atoms with Gasteiger partial charge in [0.2, 0.25) is 0 Å². The van der Waals surface area contributed by atoms with E-state index >= 15 is 0 Å². The summed E-state index contributed by atoms with van der Waals surface area (Å²) in [6.45, 7) is 6.76. The maximum absolute atomic E-state index is 4.10. The Morgan fingerprint density at radius 1 is 1.06 bits per heavy atom. The van der Waals surface area contributed by atoms with Crippen LogP contribution in [0.25, 0.3) is 10.8 Å². The smallest absolute Gasteiger partial charge is 0.129 e. The predicted octanol–water partition coefficient (Wildman–Crippen LogP) is 3.46. The summed E-state index contributed by atoms with van der Waals surface area (Å²) in [7, 11) is -1.28. The lowest BCUT2D eigenvalue weighted by Gasteiger charge is -2.03. The Hall–Kier alpha value is -1.59. The van der Waals surface area contributed by atoms with Crippen molar-refractivity contribution >= 4 is 18.8 Å². The highest BCUT2D eigenvalue weighted by Crippen LogP contribution is 2.13. The van der Waals surface area contributed by atoms with Crippen molar-refractivity contribution in [3.8, 4) is 11.5 Å². The Kier molecular flexibility index (Phi) is 2.80. The monoisotopic (exact) mass is 225 g/mol. The SMILES string of the molecule is C[Si](C)(C)C#Cc1ccc2cnccc2c1. The van der Waals surface area contributed by atoms with E-state index in [-0.39, 0.29) is 0 Å². The molecule has 1 heterocycles. The van der Waals surface area contributed by atoms with Crippen LogP contribution in [0, 0.1) is 11.5 Å². The molecule has 0 N–H and O–H groups in total. The molecule has 2 aromatic rings. The summed E-state index contributed by atoms with van der Waals surface area (Å²) in [4.78, 5) is 4.10. The second kappa shape index (κ2) is 4.11. The molecule has 2 heteroatoms. The maximum atomic E-state index is 4.10. The van der Waals surface area contributed by atoms with Gasteiger partial charge in [-0.05, 0) is 23.6 Å². The van der Waals surface area contributed by atoms with Gasteiger partial charge in [0.25, 0.3) is 0 Å². The molecule has 0 spiro atoms. The van der Waals surface area contributed by atoms with E-state index < -0.39 is 8.07 Å². The van der Waals surface area contributed by atoms with Crippen LogP contribution in [0.15, 0.2) is 36.7 Å². The zero-order valence-corrected chi connectivity index (χ0v) is 10.9. The molecule has 0 bridgehead atoms. The van der Waals surface area contributed by atoms with Crippen molar-refractivity contribution in [2.45, 2.75) is 19.6 Å². The van der Waals surface area contributed by atoms with Crippen molar-refractivity contribution in [2.24, 2.45) is 0 Å². The highest BCUT2D eigenvalue weighted by molar-refractivity contribution is 6.83. The lowest BCUT2D eigenvalue weighted by atomic mass is 10.1. The second-order valence-electron chi connectivity index (χ2n) is 4.94. The van der Waals surface area contributed by atoms with Gasteiger partial charge in [0, 0.05) is 23.3 Å². The molecule has 0 unspecified atom stereocenters. The van der Waals surface area contributed by atoms with Gasteiger partial charge in [-0.1, -0.05) is 31.6 Å². The maximum Gasteiger partial charge on any atom is 0.129 e. The van der Waals surface area contributed by atoms with E-state index in [4.69, 9.17) is 0 Å². The topological polar surface area (TPSA) is 12.9 Å². The third-order valence-corrected chi connectivity index (χ3v) is 3.10. The number of rotatable bonds is 0. The first-order valence-corrected chi connectivity index (χ1v) is 8.92. The van der Waals surface area contributed by atoms with Gasteiger partial charge in [0.1, 0.15) is 8.07 Å². The third kappa shape index (κ3) is 2.71. The van der Waals surface area contributed by atoms with Crippen molar-refractivity contribution < 1.29 is 0 Å². The molecule has 0 aliphatic carbocycles. The van der Waals surface area contributed by atoms with Crippen LogP contribution >= 0.6 is 0 Å². The van der Waals surface area contributed by atoms with E-state index in [9.17, 15) is 0 Å². The molecular formula is C14H15NSi. The average Bonchev–Trinajstić information content (AvgIpc) is 2.25. The molecule has 0 fully saturated rings. The molecule has 0 radical (unpaired) electrons. The molecule has 0 aliphatic rings. The van der Waals surface area contributed by atoms with Gasteiger partial charge in [-0.25, -0.2) is 0 Å². The Balaban J connectivity index is 2.43. The van der Waals surface area contributed by atoms with E-state index in [2.05, 4.69) is 54.3 Å². The number of hydrogen-bond acceptors (Lipinski definition) is 1. The van der Waals surface area contributed by atoms with E-state index in [0.29, 0.717) is 0 Å². The molecule has 0 atom stereocenters. The molecule has 0 saturated carbocycles. The lowest BCUT2D eigenvalue weighted by Crippen LogP contribution is -2.16. The van der Waals surface area contributed by atoms with E-state index in [0.717, 1.165) is 5.56 Å². The molecule has 16 heavy (non-hydrogen) atoms. The molecule has 2 rings (SSSR count). The molecule has 0 saturated heterocycles. The minimum atomic E-state index is -1.28. The van der Waals surface area contributed by atoms with E-state index in [1.165, 1.54) is 10.8 Å². The fourth-order valence-electron chi connectivity index (χ4n) is 1.42. The lowest BCUT2D eigenvalue weighted by molar-refractivity contribution is 1.36. The Morgan fingerprint density at radius 3 is 2.62 bits per heavy atom. The van der Waals surface area contributed by atoms with Crippen LogP contribution in [-0.2, 0) is 0 Å². The minimum absolute atomic E-state index is 1.10. The van der Waals surface area contributed by atoms with Gasteiger partial charge in [-0.2, -0.15) is 0 Å². The average molecular weight is 225 g/mol. The molecule has 0 amide bonds. The number of pyridine rings is 1. The second-order valence-corrected chi connectivity index (χ2v) is 9.69. The Morgan fingerprint density at radius 2 is 1.88 bits per heavy atom. The van der Waals surface area contributed by atoms with E-state index in [1.807, 2.05) is 18.5 Å². The Bertz CT molecular complexity index is 570. The van der Waals surface area contributed by atoms with Gasteiger partial charge in [-0.15, -0.1) is 5.54 Å². The fourth-order valence-corrected chi connectivity index (χ4v) is 1.94. The molecule has 1 nitrogen and oxygen atoms in total. The summed E-state index contributed by atoms with van der Waals surface area (Å²) >= 11 is 0. The number of hydrogen-bond donors (Lipinski definition) is 0. The van der Waals surface area contributed by atoms with Crippen LogP contribution in [0.1, 0.15) is 5.56 Å². The quantitative estimate of drug-likeness (QED) is 0.494. The minimum Gasteiger partial charge on any atom is -0.264 e. The summed E-state index contributed by atoms with van der Waals surface area (Å²) in [6.07, 6.45) is 3.70. The van der Waals surface area contributed by atoms with Crippen LogP contribution in [-0.4, -0.2) is 13.1 Å². The molecular weight excluding hydrogens is 210 g/mol. The van der Waals surface area contributed by atoms with Gasteiger partial charge < -0.3 is 0 Å². The van der Waals surface area contributed by atoms with Gasteiger partial charge in [0.15, 0.2) is 0 Å². The van der Waals surface area contributed by atoms with Gasteiger partial charge in [0.05, 0.1) is 0 Å². The highest BCUT2D eigenvalue weighted by Gasteiger charge is 2.07. The molecule has 80 valence electrons. The van der Waals surface area contributed by atoms with Crippen molar-refractivity contribution in [1.82, 2.24) is 4.98 Å². The van der Waals surface area contributed by atoms with Crippen molar-refractivity contribution in [3.05, 3.63) is 42.2 Å². The largest absolute Gasteiger partial charge is 0.264 e. The first-order valence-electron chi connectivity index (χ1n) is 5.42. The number of fused-ring (bicyclic) bond motifs is 1. The van der Waals surface area contributed by atoms with Crippen molar-refractivity contribution in [1.29, 1.82) is 0 Å². The van der Waals surface area contributed by atoms with Crippen LogP contribution in [0.2, 0.25) is 19.6 Å². The molecule has 1 aromatic heterocycles. The van der Waals surface area contributed by atoms with Gasteiger partial charge in [-0.3, -0.25) is 4.98 Å². The standard InChI is InChI=1S/C14H15NSi/c1-16(2,3)9-7-12-4-5-14-11-15-8-6-13(14)10-12/h4-6,8,10-11H,1-3H3. The molecule has 1 aromatic carbocycles. The van der Waals surface area contributed by atoms with Crippen LogP contribution in [0.3, 0.4) is 0 Å². The third-order valence-electron chi connectivity index (χ3n) is 2.22. The van der Waals surface area contributed by atoms with Crippen LogP contribution in [0.4, 0.5) is 0 Å². The summed E-state index contributed by atoms with van der Waals surface area (Å²) in [5.41, 5.74) is 4.47. The Labute approximate surface area is 97.5 Å². The van der Waals surface area contributed by atoms with E-state index in [1.54, 1.807) is 0 Å². The van der Waals surface area contributed by atoms with Gasteiger partial charge >= 0.3 is 0 Å². The van der Waals surface area contributed by atoms with Crippen molar-refractivity contribution in [2.75, 3.05) is 0 Å². The summed E-state index contributed by atoms with van der Waals surface area (Å²) in [6, 6.07) is 8.30. The fraction of sp³-hybridized carbons (Fsp3) is 0.214. The molecule has 0 aliphatic heterocycles. The normalized spacial score (nSPS) is 10.9. The zero-order valence-electron chi connectivity index (χ0n) is 9.91. The van der Waals surface area contributed by atoms with Crippen molar-refractivity contribution in [3.63, 3.8) is 0 Å². The summed E-state index contributed by atoms with van der Waals surface area (Å²) in [5, 5.41) is 2.37.